The van der Waals surface area contributed by atoms with Crippen LogP contribution in [0.15, 0.2) is 22.8 Å². The minimum Gasteiger partial charge on any atom is -0.387 e. The minimum atomic E-state index is -0.756. The number of hydrogen-bond donors (Lipinski definition) is 2. The van der Waals surface area contributed by atoms with Crippen LogP contribution >= 0.6 is 23.2 Å². The van der Waals surface area contributed by atoms with E-state index in [0.717, 1.165) is 24.1 Å². The van der Waals surface area contributed by atoms with E-state index in [9.17, 15) is 5.11 Å². The van der Waals surface area contributed by atoms with Gasteiger partial charge in [-0.3, -0.25) is 0 Å². The molecule has 2 nitrogen and oxygen atoms in total. The Morgan fingerprint density at radius 1 is 1.50 bits per heavy atom. The maximum Gasteiger partial charge on any atom is 0.0932 e. The van der Waals surface area contributed by atoms with Gasteiger partial charge in [-0.2, -0.15) is 0 Å². The smallest absolute Gasteiger partial charge is 0.0932 e. The van der Waals surface area contributed by atoms with E-state index in [2.05, 4.69) is 26.8 Å². The number of hydrogen-bond acceptors (Lipinski definition) is 2. The average Bonchev–Trinajstić information content (AvgIpc) is 3.04. The molecule has 2 aliphatic carbocycles. The van der Waals surface area contributed by atoms with Crippen LogP contribution in [0.3, 0.4) is 0 Å². The largest absolute Gasteiger partial charge is 0.387 e. The summed E-state index contributed by atoms with van der Waals surface area (Å²) in [5.74, 6) is 0.829. The number of alkyl halides is 1. The molecule has 0 saturated heterocycles. The summed E-state index contributed by atoms with van der Waals surface area (Å²) in [6.45, 7) is 6.34. The van der Waals surface area contributed by atoms with Crippen LogP contribution in [0.25, 0.3) is 0 Å². The van der Waals surface area contributed by atoms with E-state index in [4.69, 9.17) is 28.6 Å². The second-order valence-corrected chi connectivity index (χ2v) is 7.16. The molecule has 4 heteroatoms. The summed E-state index contributed by atoms with van der Waals surface area (Å²) < 4.78 is 0. The molecule has 0 aliphatic heterocycles. The van der Waals surface area contributed by atoms with Gasteiger partial charge in [0.1, 0.15) is 0 Å². The van der Waals surface area contributed by atoms with E-state index >= 15 is 0 Å². The highest BCUT2D eigenvalue weighted by atomic mass is 35.5. The van der Waals surface area contributed by atoms with Crippen LogP contribution in [0.5, 0.6) is 0 Å². The number of allylic oxidation sites excluding steroid dienone is 4. The Morgan fingerprint density at radius 2 is 2.15 bits per heavy atom. The molecule has 2 N–H and O–H groups in total. The third kappa shape index (κ3) is 2.47. The summed E-state index contributed by atoms with van der Waals surface area (Å²) in [6, 6.07) is 0. The molecular formula is C16H23Cl2NO. The van der Waals surface area contributed by atoms with Crippen molar-refractivity contribution in [3.8, 4) is 0 Å². The van der Waals surface area contributed by atoms with Crippen LogP contribution in [-0.2, 0) is 0 Å². The van der Waals surface area contributed by atoms with Gasteiger partial charge >= 0.3 is 0 Å². The van der Waals surface area contributed by atoms with Crippen LogP contribution in [-0.4, -0.2) is 22.3 Å². The lowest BCUT2D eigenvalue weighted by atomic mass is 9.77. The Morgan fingerprint density at radius 3 is 2.65 bits per heavy atom. The molecule has 0 aromatic carbocycles. The SMILES string of the molecule is CCC1C(C)=CC(Cl)=CC1C1[C@@H]([C@H](O)C=N)C1(Cl)CC. The Kier molecular flexibility index (Phi) is 4.68. The third-order valence-corrected chi connectivity index (χ3v) is 6.09. The van der Waals surface area contributed by atoms with Gasteiger partial charge in [-0.05, 0) is 43.6 Å². The first-order valence-electron chi connectivity index (χ1n) is 7.33. The molecule has 0 bridgehead atoms. The zero-order chi connectivity index (χ0) is 15.1. The lowest BCUT2D eigenvalue weighted by Gasteiger charge is -2.29. The predicted molar refractivity (Wildman–Crippen MR) is 85.6 cm³/mol. The molecule has 0 aromatic heterocycles. The second kappa shape index (κ2) is 5.82. The Hall–Kier alpha value is -0.310. The molecule has 0 heterocycles. The molecule has 0 radical (unpaired) electrons. The van der Waals surface area contributed by atoms with E-state index in [-0.39, 0.29) is 17.8 Å². The van der Waals surface area contributed by atoms with Crippen LogP contribution < -0.4 is 0 Å². The number of halogens is 2. The fraction of sp³-hybridized carbons (Fsp3) is 0.688. The van der Waals surface area contributed by atoms with Crippen LogP contribution in [0.1, 0.15) is 33.6 Å². The highest BCUT2D eigenvalue weighted by Crippen LogP contribution is 2.65. The molecule has 1 saturated carbocycles. The summed E-state index contributed by atoms with van der Waals surface area (Å²) in [6.07, 6.45) is 6.31. The molecular weight excluding hydrogens is 293 g/mol. The maximum atomic E-state index is 10.1. The number of nitrogens with one attached hydrogen (secondary N) is 1. The van der Waals surface area contributed by atoms with Crippen molar-refractivity contribution >= 4 is 29.4 Å². The van der Waals surface area contributed by atoms with E-state index in [1.807, 2.05) is 6.08 Å². The van der Waals surface area contributed by atoms with Gasteiger partial charge in [-0.25, -0.2) is 0 Å². The first-order chi connectivity index (χ1) is 9.40. The fourth-order valence-electron chi connectivity index (χ4n) is 4.02. The number of rotatable bonds is 5. The highest BCUT2D eigenvalue weighted by molar-refractivity contribution is 6.31. The third-order valence-electron chi connectivity index (χ3n) is 5.09. The molecule has 2 rings (SSSR count). The van der Waals surface area contributed by atoms with Gasteiger partial charge in [0.15, 0.2) is 0 Å². The van der Waals surface area contributed by atoms with Crippen LogP contribution in [0, 0.1) is 29.1 Å². The standard InChI is InChI=1S/C16H23Cl2NO/c1-4-11-9(3)6-10(17)7-12(11)14-15(13(20)8-19)16(14,18)5-2/h6-8,11-15,19-20H,4-5H2,1-3H3/t11?,12?,13-,14?,15-,16?/m1/s1. The second-order valence-electron chi connectivity index (χ2n) is 6.02. The van der Waals surface area contributed by atoms with Crippen molar-refractivity contribution in [2.24, 2.45) is 23.7 Å². The quantitative estimate of drug-likeness (QED) is 0.574. The first kappa shape index (κ1) is 16.1. The topological polar surface area (TPSA) is 44.1 Å². The average molecular weight is 316 g/mol. The molecule has 6 atom stereocenters. The van der Waals surface area contributed by atoms with Crippen molar-refractivity contribution in [2.75, 3.05) is 0 Å². The fourth-order valence-corrected chi connectivity index (χ4v) is 4.82. The lowest BCUT2D eigenvalue weighted by Crippen LogP contribution is -2.22. The molecule has 20 heavy (non-hydrogen) atoms. The Labute approximate surface area is 131 Å². The summed E-state index contributed by atoms with van der Waals surface area (Å²) in [4.78, 5) is -0.402. The van der Waals surface area contributed by atoms with Gasteiger partial charge in [0, 0.05) is 17.2 Å². The maximum absolute atomic E-state index is 10.1. The van der Waals surface area contributed by atoms with E-state index in [0.29, 0.717) is 5.92 Å². The van der Waals surface area contributed by atoms with Gasteiger partial charge in [0.05, 0.1) is 11.0 Å². The number of aliphatic hydroxyl groups excluding tert-OH is 1. The van der Waals surface area contributed by atoms with E-state index < -0.39 is 11.0 Å². The zero-order valence-corrected chi connectivity index (χ0v) is 13.7. The highest BCUT2D eigenvalue weighted by Gasteiger charge is 2.67. The zero-order valence-electron chi connectivity index (χ0n) is 12.2. The van der Waals surface area contributed by atoms with Gasteiger partial charge in [-0.15, -0.1) is 11.6 Å². The summed E-state index contributed by atoms with van der Waals surface area (Å²) in [5.41, 5.74) is 1.29. The summed E-state index contributed by atoms with van der Waals surface area (Å²) in [5, 5.41) is 18.1. The molecule has 2 aliphatic rings. The molecule has 0 aromatic rings. The summed E-state index contributed by atoms with van der Waals surface area (Å²) in [7, 11) is 0. The van der Waals surface area contributed by atoms with E-state index in [1.165, 1.54) is 5.57 Å². The van der Waals surface area contributed by atoms with Crippen molar-refractivity contribution in [2.45, 2.75) is 44.6 Å². The molecule has 112 valence electrons. The summed E-state index contributed by atoms with van der Waals surface area (Å²) >= 11 is 13.0. The van der Waals surface area contributed by atoms with Gasteiger partial charge in [0.25, 0.3) is 0 Å². The predicted octanol–water partition coefficient (Wildman–Crippen LogP) is 4.36. The van der Waals surface area contributed by atoms with Crippen molar-refractivity contribution in [1.82, 2.24) is 0 Å². The van der Waals surface area contributed by atoms with Crippen molar-refractivity contribution in [1.29, 1.82) is 5.41 Å². The van der Waals surface area contributed by atoms with Crippen molar-refractivity contribution in [3.63, 3.8) is 0 Å². The number of aliphatic hydroxyl groups is 1. The molecule has 4 unspecified atom stereocenters. The van der Waals surface area contributed by atoms with Crippen molar-refractivity contribution in [3.05, 3.63) is 22.8 Å². The normalized spacial score (nSPS) is 41.7. The lowest BCUT2D eigenvalue weighted by molar-refractivity contribution is 0.202. The van der Waals surface area contributed by atoms with Crippen LogP contribution in [0.4, 0.5) is 0 Å². The monoisotopic (exact) mass is 315 g/mol. The van der Waals surface area contributed by atoms with Gasteiger partial charge < -0.3 is 10.5 Å². The first-order valence-corrected chi connectivity index (χ1v) is 8.09. The molecule has 0 spiro atoms. The van der Waals surface area contributed by atoms with E-state index in [1.54, 1.807) is 0 Å². The Balaban J connectivity index is 2.31. The van der Waals surface area contributed by atoms with Crippen molar-refractivity contribution < 1.29 is 5.11 Å². The molecule has 0 amide bonds. The molecule has 1 fully saturated rings. The van der Waals surface area contributed by atoms with Gasteiger partial charge in [-0.1, -0.05) is 37.1 Å². The van der Waals surface area contributed by atoms with Gasteiger partial charge in [0.2, 0.25) is 0 Å². The van der Waals surface area contributed by atoms with Crippen LogP contribution in [0.2, 0.25) is 0 Å². The minimum absolute atomic E-state index is 0.0441. The Bertz CT molecular complexity index is 459.